The Hall–Kier alpha value is 0.690. The maximum absolute atomic E-state index is 2.42. The van der Waals surface area contributed by atoms with Gasteiger partial charge in [-0.25, -0.2) is 3.11 Å². The van der Waals surface area contributed by atoms with E-state index in [2.05, 4.69) is 32.9 Å². The fourth-order valence-electron chi connectivity index (χ4n) is 1.06. The second-order valence-corrected chi connectivity index (χ2v) is 3.71. The molecule has 0 N–H and O–H groups in total. The summed E-state index contributed by atoms with van der Waals surface area (Å²) in [6, 6.07) is 0.823. The molecule has 0 unspecified atom stereocenters. The van der Waals surface area contributed by atoms with Crippen LogP contribution in [-0.4, -0.2) is 15.7 Å². The summed E-state index contributed by atoms with van der Waals surface area (Å²) in [5, 5.41) is 0. The maximum Gasteiger partial charge on any atom is 0.0204 e. The minimum absolute atomic E-state index is 0.823. The summed E-state index contributed by atoms with van der Waals surface area (Å²) < 4.78 is 2.40. The molecule has 0 aromatic heterocycles. The molecule has 1 saturated heterocycles. The van der Waals surface area contributed by atoms with Crippen molar-refractivity contribution < 1.29 is 0 Å². The number of piperidine rings is 1. The summed E-state index contributed by atoms with van der Waals surface area (Å²) >= 11 is 2.42. The van der Waals surface area contributed by atoms with Crippen molar-refractivity contribution in [2.45, 2.75) is 32.2 Å². The predicted molar refractivity (Wildman–Crippen MR) is 44.0 cm³/mol. The third kappa shape index (κ3) is 1.58. The fourth-order valence-corrected chi connectivity index (χ4v) is 1.68. The molecule has 0 amide bonds. The second-order valence-electron chi connectivity index (χ2n) is 2.47. The van der Waals surface area contributed by atoms with Gasteiger partial charge in [-0.05, 0) is 19.8 Å². The Morgan fingerprint density at radius 2 is 2.25 bits per heavy atom. The molecule has 1 aliphatic heterocycles. The molecular weight excluding hydrogens is 213 g/mol. The van der Waals surface area contributed by atoms with Crippen LogP contribution < -0.4 is 0 Å². The van der Waals surface area contributed by atoms with Crippen molar-refractivity contribution in [2.24, 2.45) is 0 Å². The molecule has 0 bridgehead atoms. The molecule has 1 aliphatic rings. The van der Waals surface area contributed by atoms with Crippen molar-refractivity contribution >= 4 is 22.9 Å². The van der Waals surface area contributed by atoms with Crippen molar-refractivity contribution in [1.82, 2.24) is 3.11 Å². The normalized spacial score (nSPS) is 33.0. The Kier molecular flexibility index (Phi) is 2.56. The molecule has 48 valence electrons. The van der Waals surface area contributed by atoms with Crippen LogP contribution in [0.15, 0.2) is 0 Å². The minimum atomic E-state index is 0.823. The highest BCUT2D eigenvalue weighted by Crippen LogP contribution is 2.19. The molecule has 0 aliphatic carbocycles. The first-order chi connectivity index (χ1) is 3.80. The lowest BCUT2D eigenvalue weighted by molar-refractivity contribution is 0.317. The summed E-state index contributed by atoms with van der Waals surface area (Å²) in [6.45, 7) is 3.59. The molecular formula is C6H12IN. The Morgan fingerprint density at radius 1 is 1.50 bits per heavy atom. The van der Waals surface area contributed by atoms with E-state index in [-0.39, 0.29) is 0 Å². The van der Waals surface area contributed by atoms with Crippen LogP contribution in [0, 0.1) is 0 Å². The summed E-state index contributed by atoms with van der Waals surface area (Å²) in [7, 11) is 0. The lowest BCUT2D eigenvalue weighted by Gasteiger charge is -2.26. The zero-order chi connectivity index (χ0) is 5.98. The van der Waals surface area contributed by atoms with E-state index in [1.807, 2.05) is 0 Å². The van der Waals surface area contributed by atoms with Gasteiger partial charge in [-0.2, -0.15) is 0 Å². The van der Waals surface area contributed by atoms with Crippen LogP contribution in [0.4, 0.5) is 0 Å². The van der Waals surface area contributed by atoms with E-state index in [0.717, 1.165) is 6.04 Å². The van der Waals surface area contributed by atoms with Gasteiger partial charge in [0.15, 0.2) is 0 Å². The van der Waals surface area contributed by atoms with Crippen LogP contribution in [0.3, 0.4) is 0 Å². The minimum Gasteiger partial charge on any atom is -0.245 e. The van der Waals surface area contributed by atoms with Crippen LogP contribution in [-0.2, 0) is 0 Å². The van der Waals surface area contributed by atoms with Crippen molar-refractivity contribution in [3.05, 3.63) is 0 Å². The fraction of sp³-hybridized carbons (Fsp3) is 1.00. The molecule has 2 heteroatoms. The van der Waals surface area contributed by atoms with Gasteiger partial charge in [-0.3, -0.25) is 0 Å². The number of halogens is 1. The monoisotopic (exact) mass is 225 g/mol. The molecule has 1 fully saturated rings. The summed E-state index contributed by atoms with van der Waals surface area (Å²) in [4.78, 5) is 0. The highest BCUT2D eigenvalue weighted by atomic mass is 127. The Bertz CT molecular complexity index is 64.9. The first-order valence-electron chi connectivity index (χ1n) is 3.23. The number of hydrogen-bond acceptors (Lipinski definition) is 1. The average Bonchev–Trinajstić information content (AvgIpc) is 1.77. The van der Waals surface area contributed by atoms with E-state index in [9.17, 15) is 0 Å². The van der Waals surface area contributed by atoms with Gasteiger partial charge in [0.05, 0.1) is 0 Å². The first-order valence-corrected chi connectivity index (χ1v) is 4.19. The zero-order valence-corrected chi connectivity index (χ0v) is 7.39. The lowest BCUT2D eigenvalue weighted by Crippen LogP contribution is -2.28. The summed E-state index contributed by atoms with van der Waals surface area (Å²) in [5.74, 6) is 0. The van der Waals surface area contributed by atoms with Gasteiger partial charge in [0.2, 0.25) is 0 Å². The quantitative estimate of drug-likeness (QED) is 0.451. The van der Waals surface area contributed by atoms with E-state index in [0.29, 0.717) is 0 Å². The molecule has 0 spiro atoms. The molecule has 0 radical (unpaired) electrons. The third-order valence-electron chi connectivity index (χ3n) is 1.72. The molecule has 0 aromatic rings. The van der Waals surface area contributed by atoms with Crippen molar-refractivity contribution in [3.8, 4) is 0 Å². The Balaban J connectivity index is 2.28. The molecule has 1 atom stereocenters. The van der Waals surface area contributed by atoms with Crippen LogP contribution in [0.1, 0.15) is 26.2 Å². The highest BCUT2D eigenvalue weighted by molar-refractivity contribution is 14.1. The zero-order valence-electron chi connectivity index (χ0n) is 5.23. The summed E-state index contributed by atoms with van der Waals surface area (Å²) in [5.41, 5.74) is 0. The third-order valence-corrected chi connectivity index (χ3v) is 3.16. The van der Waals surface area contributed by atoms with Gasteiger partial charge in [0, 0.05) is 35.5 Å². The average molecular weight is 225 g/mol. The Morgan fingerprint density at radius 3 is 2.62 bits per heavy atom. The molecule has 0 saturated carbocycles. The predicted octanol–water partition coefficient (Wildman–Crippen LogP) is 2.21. The SMILES string of the molecule is C[C@H]1CCCCN1I. The largest absolute Gasteiger partial charge is 0.245 e. The van der Waals surface area contributed by atoms with E-state index >= 15 is 0 Å². The van der Waals surface area contributed by atoms with Crippen molar-refractivity contribution in [3.63, 3.8) is 0 Å². The van der Waals surface area contributed by atoms with Gasteiger partial charge < -0.3 is 0 Å². The van der Waals surface area contributed by atoms with E-state index in [4.69, 9.17) is 0 Å². The lowest BCUT2D eigenvalue weighted by atomic mass is 10.1. The molecule has 1 heterocycles. The van der Waals surface area contributed by atoms with Crippen LogP contribution in [0.25, 0.3) is 0 Å². The highest BCUT2D eigenvalue weighted by Gasteiger charge is 2.13. The van der Waals surface area contributed by atoms with Crippen LogP contribution >= 0.6 is 22.9 Å². The van der Waals surface area contributed by atoms with Crippen LogP contribution in [0.2, 0.25) is 0 Å². The van der Waals surface area contributed by atoms with E-state index in [1.165, 1.54) is 25.8 Å². The number of rotatable bonds is 0. The Labute approximate surface area is 64.9 Å². The van der Waals surface area contributed by atoms with Gasteiger partial charge >= 0.3 is 0 Å². The topological polar surface area (TPSA) is 3.24 Å². The van der Waals surface area contributed by atoms with Crippen molar-refractivity contribution in [1.29, 1.82) is 0 Å². The second kappa shape index (κ2) is 3.01. The van der Waals surface area contributed by atoms with E-state index < -0.39 is 0 Å². The standard InChI is InChI=1S/C6H12IN/c1-6-4-2-3-5-8(6)7/h6H,2-5H2,1H3/t6-/m0/s1. The van der Waals surface area contributed by atoms with Gasteiger partial charge in [0.1, 0.15) is 0 Å². The van der Waals surface area contributed by atoms with Gasteiger partial charge in [0.25, 0.3) is 0 Å². The smallest absolute Gasteiger partial charge is 0.0204 e. The van der Waals surface area contributed by atoms with Gasteiger partial charge in [-0.15, -0.1) is 0 Å². The first kappa shape index (κ1) is 6.81. The number of hydrogen-bond donors (Lipinski definition) is 0. The molecule has 1 rings (SSSR count). The summed E-state index contributed by atoms with van der Waals surface area (Å²) in [6.07, 6.45) is 4.22. The molecule has 8 heavy (non-hydrogen) atoms. The molecule has 1 nitrogen and oxygen atoms in total. The van der Waals surface area contributed by atoms with E-state index in [1.54, 1.807) is 0 Å². The number of nitrogens with zero attached hydrogens (tertiary/aromatic N) is 1. The van der Waals surface area contributed by atoms with Crippen molar-refractivity contribution in [2.75, 3.05) is 6.54 Å². The molecule has 0 aromatic carbocycles. The van der Waals surface area contributed by atoms with Gasteiger partial charge in [-0.1, -0.05) is 6.42 Å². The maximum atomic E-state index is 2.42. The van der Waals surface area contributed by atoms with Crippen LogP contribution in [0.5, 0.6) is 0 Å².